The van der Waals surface area contributed by atoms with E-state index in [1.54, 1.807) is 5.57 Å². The maximum atomic E-state index is 10.6. The van der Waals surface area contributed by atoms with Crippen molar-refractivity contribution in [3.8, 4) is 0 Å². The van der Waals surface area contributed by atoms with Crippen LogP contribution in [0.4, 0.5) is 0 Å². The number of allylic oxidation sites excluding steroid dienone is 2. The summed E-state index contributed by atoms with van der Waals surface area (Å²) >= 11 is 0. The third kappa shape index (κ3) is 7.58. The summed E-state index contributed by atoms with van der Waals surface area (Å²) in [7, 11) is -0.277. The molecule has 4 nitrogen and oxygen atoms in total. The second kappa shape index (κ2) is 6.40. The van der Waals surface area contributed by atoms with Gasteiger partial charge >= 0.3 is 13.3 Å². The highest BCUT2D eigenvalue weighted by Gasteiger charge is 2.19. The number of carbonyl (C=O) groups excluding carboxylic acids is 1. The van der Waals surface area contributed by atoms with Crippen molar-refractivity contribution in [3.63, 3.8) is 0 Å². The summed E-state index contributed by atoms with van der Waals surface area (Å²) in [6.45, 7) is 6.92. The van der Waals surface area contributed by atoms with E-state index in [9.17, 15) is 4.79 Å². The molecule has 78 valence electrons. The van der Waals surface area contributed by atoms with E-state index in [1.165, 1.54) is 20.5 Å². The van der Waals surface area contributed by atoms with Crippen molar-refractivity contribution in [1.29, 1.82) is 0 Å². The molecule has 0 aromatic rings. The van der Waals surface area contributed by atoms with Crippen LogP contribution >= 0.6 is 0 Å². The van der Waals surface area contributed by atoms with Gasteiger partial charge < -0.3 is 14.3 Å². The fourth-order valence-corrected chi connectivity index (χ4v) is 0.342. The van der Waals surface area contributed by atoms with Crippen LogP contribution in [0.15, 0.2) is 23.8 Å². The van der Waals surface area contributed by atoms with Crippen molar-refractivity contribution in [2.24, 2.45) is 0 Å². The van der Waals surface area contributed by atoms with Crippen molar-refractivity contribution in [3.05, 3.63) is 23.8 Å². The molecule has 1 aliphatic carbocycles. The van der Waals surface area contributed by atoms with Crippen molar-refractivity contribution in [2.45, 2.75) is 20.3 Å². The lowest BCUT2D eigenvalue weighted by Crippen LogP contribution is -2.24. The predicted molar refractivity (Wildman–Crippen MR) is 54.3 cm³/mol. The highest BCUT2D eigenvalue weighted by Crippen LogP contribution is 2.14. The number of hydrogen-bond donors (Lipinski definition) is 1. The van der Waals surface area contributed by atoms with Gasteiger partial charge in [-0.1, -0.05) is 18.2 Å². The number of hydrogen-bond acceptors (Lipinski definition) is 4. The van der Waals surface area contributed by atoms with Gasteiger partial charge in [-0.2, -0.15) is 0 Å². The Hall–Kier alpha value is -1.07. The molecule has 0 spiro atoms. The van der Waals surface area contributed by atoms with Crippen LogP contribution in [0.1, 0.15) is 20.3 Å². The monoisotopic (exact) mass is 198 g/mol. The van der Waals surface area contributed by atoms with Gasteiger partial charge in [0.25, 0.3) is 0 Å². The summed E-state index contributed by atoms with van der Waals surface area (Å²) < 4.78 is 8.50. The lowest BCUT2D eigenvalue weighted by Gasteiger charge is -2.03. The average molecular weight is 198 g/mol. The summed E-state index contributed by atoms with van der Waals surface area (Å²) in [5, 5.41) is 8.57. The predicted octanol–water partition coefficient (Wildman–Crippen LogP) is 1.07. The van der Waals surface area contributed by atoms with Crippen LogP contribution in [0.25, 0.3) is 0 Å². The number of rotatable bonds is 3. The van der Waals surface area contributed by atoms with Crippen LogP contribution in [0.3, 0.4) is 0 Å². The van der Waals surface area contributed by atoms with Crippen LogP contribution in [-0.4, -0.2) is 25.4 Å². The second-order valence-corrected chi connectivity index (χ2v) is 2.98. The first-order chi connectivity index (χ1) is 6.47. The van der Waals surface area contributed by atoms with Gasteiger partial charge in [-0.15, -0.1) is 0 Å². The maximum Gasteiger partial charge on any atom is 0.712 e. The Morgan fingerprint density at radius 3 is 2.36 bits per heavy atom. The van der Waals surface area contributed by atoms with E-state index in [1.807, 2.05) is 0 Å². The van der Waals surface area contributed by atoms with Crippen molar-refractivity contribution in [1.82, 2.24) is 0 Å². The van der Waals surface area contributed by atoms with Gasteiger partial charge in [0.2, 0.25) is 0 Å². The van der Waals surface area contributed by atoms with Crippen LogP contribution in [-0.2, 0) is 14.1 Å². The molecule has 0 fully saturated rings. The zero-order chi connectivity index (χ0) is 11.1. The molecule has 0 amide bonds. The molecule has 14 heavy (non-hydrogen) atoms. The van der Waals surface area contributed by atoms with Gasteiger partial charge in [0.1, 0.15) is 0 Å². The first-order valence-corrected chi connectivity index (χ1v) is 4.20. The van der Waals surface area contributed by atoms with Gasteiger partial charge in [-0.3, -0.25) is 0 Å². The molecule has 0 saturated heterocycles. The Balaban J connectivity index is 0.000000344. The highest BCUT2D eigenvalue weighted by molar-refractivity contribution is 6.38. The molecule has 0 bridgehead atoms. The van der Waals surface area contributed by atoms with E-state index in [-0.39, 0.29) is 5.57 Å². The lowest BCUT2D eigenvalue weighted by atomic mass is 10.2. The molecule has 1 aliphatic rings. The summed E-state index contributed by atoms with van der Waals surface area (Å²) in [5.74, 6) is -0.672. The van der Waals surface area contributed by atoms with Crippen LogP contribution in [0, 0.1) is 0 Å². The zero-order valence-electron chi connectivity index (χ0n) is 8.74. The van der Waals surface area contributed by atoms with Crippen LogP contribution in [0.2, 0.25) is 0 Å². The second-order valence-electron chi connectivity index (χ2n) is 2.98. The quantitative estimate of drug-likeness (QED) is 0.418. The fourth-order valence-electron chi connectivity index (χ4n) is 0.342. The van der Waals surface area contributed by atoms with E-state index >= 15 is 0 Å². The molecule has 0 aromatic carbocycles. The molecule has 0 atom stereocenters. The lowest BCUT2D eigenvalue weighted by molar-refractivity contribution is -0.132. The standard InChI is InChI=1S/C5H9BO4.C4H6/c1-4(2)5(7)10-6(8)9-3;1-4-2-3-4/h8H,1H2,2-3H3;2H,3H2,1H3. The molecule has 5 heteroatoms. The van der Waals surface area contributed by atoms with E-state index in [2.05, 4.69) is 28.9 Å². The average Bonchev–Trinajstić information content (AvgIpc) is 2.88. The van der Waals surface area contributed by atoms with Gasteiger partial charge in [-0.05, 0) is 20.3 Å². The molecule has 0 unspecified atom stereocenters. The smallest absolute Gasteiger partial charge is 0.482 e. The van der Waals surface area contributed by atoms with Gasteiger partial charge in [0, 0.05) is 12.7 Å². The topological polar surface area (TPSA) is 55.8 Å². The van der Waals surface area contributed by atoms with Gasteiger partial charge in [0.15, 0.2) is 0 Å². The Bertz CT molecular complexity index is 247. The molecular formula is C9H15BO4. The van der Waals surface area contributed by atoms with Crippen molar-refractivity contribution >= 4 is 13.3 Å². The number of carbonyl (C=O) groups is 1. The fraction of sp³-hybridized carbons (Fsp3) is 0.444. The Morgan fingerprint density at radius 1 is 1.71 bits per heavy atom. The van der Waals surface area contributed by atoms with E-state index in [0.29, 0.717) is 0 Å². The zero-order valence-corrected chi connectivity index (χ0v) is 8.74. The normalized spacial score (nSPS) is 11.9. The van der Waals surface area contributed by atoms with Crippen LogP contribution < -0.4 is 0 Å². The maximum absolute atomic E-state index is 10.6. The molecule has 1 N–H and O–H groups in total. The minimum Gasteiger partial charge on any atom is -0.482 e. The van der Waals surface area contributed by atoms with Crippen molar-refractivity contribution < 1.29 is 19.1 Å². The highest BCUT2D eigenvalue weighted by atomic mass is 16.7. The SMILES string of the molecule is C=C(C)C(=O)OB(O)OC.CC1=CC1. The van der Waals surface area contributed by atoms with E-state index in [0.717, 1.165) is 0 Å². The minimum atomic E-state index is -1.50. The molecule has 0 radical (unpaired) electrons. The first-order valence-electron chi connectivity index (χ1n) is 4.20. The van der Waals surface area contributed by atoms with Crippen molar-refractivity contribution in [2.75, 3.05) is 7.11 Å². The van der Waals surface area contributed by atoms with Gasteiger partial charge in [0.05, 0.1) is 0 Å². The third-order valence-corrected chi connectivity index (χ3v) is 1.37. The third-order valence-electron chi connectivity index (χ3n) is 1.37. The summed E-state index contributed by atoms with van der Waals surface area (Å²) in [4.78, 5) is 10.6. The van der Waals surface area contributed by atoms with Crippen LogP contribution in [0.5, 0.6) is 0 Å². The molecule has 0 aliphatic heterocycles. The Kier molecular flexibility index (Phi) is 5.91. The molecule has 0 heterocycles. The first kappa shape index (κ1) is 12.9. The van der Waals surface area contributed by atoms with E-state index in [4.69, 9.17) is 5.02 Å². The largest absolute Gasteiger partial charge is 0.712 e. The summed E-state index contributed by atoms with van der Waals surface area (Å²) in [6.07, 6.45) is 3.49. The molecule has 0 aromatic heterocycles. The van der Waals surface area contributed by atoms with E-state index < -0.39 is 13.3 Å². The summed E-state index contributed by atoms with van der Waals surface area (Å²) in [5.41, 5.74) is 1.76. The summed E-state index contributed by atoms with van der Waals surface area (Å²) in [6, 6.07) is 0. The minimum absolute atomic E-state index is 0.219. The molecular weight excluding hydrogens is 183 g/mol. The molecule has 1 rings (SSSR count). The Morgan fingerprint density at radius 2 is 2.14 bits per heavy atom. The van der Waals surface area contributed by atoms with Gasteiger partial charge in [-0.25, -0.2) is 4.79 Å². The molecule has 0 saturated carbocycles. The Labute approximate surface area is 84.4 Å².